The highest BCUT2D eigenvalue weighted by molar-refractivity contribution is 7.13. The number of rotatable bonds is 3. The van der Waals surface area contributed by atoms with Crippen molar-refractivity contribution in [3.63, 3.8) is 0 Å². The van der Waals surface area contributed by atoms with Crippen LogP contribution in [0.2, 0.25) is 0 Å². The van der Waals surface area contributed by atoms with E-state index in [1.165, 1.54) is 6.42 Å². The molecule has 0 aliphatic carbocycles. The molecule has 0 saturated carbocycles. The molecular formula is C12H21N3S. The van der Waals surface area contributed by atoms with Gasteiger partial charge in [-0.15, -0.1) is 11.3 Å². The lowest BCUT2D eigenvalue weighted by Crippen LogP contribution is -2.21. The minimum Gasteiger partial charge on any atom is -0.348 e. The number of nitrogens with zero attached hydrogens (tertiary/aromatic N) is 2. The molecule has 0 spiro atoms. The maximum Gasteiger partial charge on any atom is 0.185 e. The van der Waals surface area contributed by atoms with Crippen molar-refractivity contribution in [2.45, 2.75) is 33.2 Å². The van der Waals surface area contributed by atoms with Crippen molar-refractivity contribution >= 4 is 16.5 Å². The van der Waals surface area contributed by atoms with Crippen molar-refractivity contribution in [1.82, 2.24) is 4.98 Å². The van der Waals surface area contributed by atoms with Crippen LogP contribution in [0.5, 0.6) is 0 Å². The molecule has 0 amide bonds. The van der Waals surface area contributed by atoms with Crippen molar-refractivity contribution in [1.29, 1.82) is 0 Å². The topological polar surface area (TPSA) is 42.1 Å². The molecule has 0 bridgehead atoms. The van der Waals surface area contributed by atoms with Gasteiger partial charge in [0.25, 0.3) is 0 Å². The van der Waals surface area contributed by atoms with E-state index in [-0.39, 0.29) is 6.04 Å². The number of thiazole rings is 1. The first-order valence-corrected chi connectivity index (χ1v) is 6.92. The molecule has 1 saturated heterocycles. The quantitative estimate of drug-likeness (QED) is 0.881. The lowest BCUT2D eigenvalue weighted by Gasteiger charge is -2.16. The normalized spacial score (nSPS) is 23.1. The Morgan fingerprint density at radius 2 is 2.25 bits per heavy atom. The van der Waals surface area contributed by atoms with Crippen LogP contribution >= 0.6 is 11.3 Å². The number of hydrogen-bond acceptors (Lipinski definition) is 4. The maximum atomic E-state index is 5.83. The Labute approximate surface area is 102 Å². The predicted molar refractivity (Wildman–Crippen MR) is 69.9 cm³/mol. The Morgan fingerprint density at radius 1 is 1.50 bits per heavy atom. The molecule has 1 aliphatic rings. The van der Waals surface area contributed by atoms with E-state index >= 15 is 0 Å². The van der Waals surface area contributed by atoms with E-state index in [1.54, 1.807) is 11.3 Å². The van der Waals surface area contributed by atoms with Gasteiger partial charge in [-0.2, -0.15) is 0 Å². The molecule has 2 N–H and O–H groups in total. The van der Waals surface area contributed by atoms with Gasteiger partial charge in [-0.3, -0.25) is 0 Å². The Kier molecular flexibility index (Phi) is 3.50. The molecule has 3 nitrogen and oxygen atoms in total. The summed E-state index contributed by atoms with van der Waals surface area (Å²) in [7, 11) is 0. The van der Waals surface area contributed by atoms with E-state index < -0.39 is 0 Å². The van der Waals surface area contributed by atoms with Crippen molar-refractivity contribution < 1.29 is 0 Å². The Bertz CT molecular complexity index is 346. The molecule has 1 aromatic heterocycles. The first kappa shape index (κ1) is 11.9. The number of aromatic nitrogens is 1. The average Bonchev–Trinajstić information content (AvgIpc) is 2.86. The van der Waals surface area contributed by atoms with Crippen LogP contribution in [-0.4, -0.2) is 18.1 Å². The van der Waals surface area contributed by atoms with Gasteiger partial charge in [0.1, 0.15) is 0 Å². The molecule has 4 heteroatoms. The highest BCUT2D eigenvalue weighted by Crippen LogP contribution is 2.31. The Hall–Kier alpha value is -0.610. The molecule has 1 aliphatic heterocycles. The highest BCUT2D eigenvalue weighted by atomic mass is 32.1. The minimum atomic E-state index is 0.0495. The van der Waals surface area contributed by atoms with E-state index in [4.69, 9.17) is 5.73 Å². The molecule has 2 atom stereocenters. The Morgan fingerprint density at radius 3 is 2.75 bits per heavy atom. The molecule has 2 unspecified atom stereocenters. The molecule has 2 rings (SSSR count). The molecule has 0 radical (unpaired) electrons. The van der Waals surface area contributed by atoms with Crippen molar-refractivity contribution in [3.05, 3.63) is 11.1 Å². The maximum absolute atomic E-state index is 5.83. The SMILES string of the molecule is CC(N)c1csc(N2CCC(C(C)C)C2)n1. The highest BCUT2D eigenvalue weighted by Gasteiger charge is 2.26. The van der Waals surface area contributed by atoms with Crippen LogP contribution in [0.25, 0.3) is 0 Å². The number of hydrogen-bond donors (Lipinski definition) is 1. The molecule has 0 aromatic carbocycles. The zero-order valence-electron chi connectivity index (χ0n) is 10.3. The second-order valence-electron chi connectivity index (χ2n) is 5.08. The summed E-state index contributed by atoms with van der Waals surface area (Å²) in [5.41, 5.74) is 6.85. The first-order valence-electron chi connectivity index (χ1n) is 6.04. The molecule has 90 valence electrons. The third-order valence-corrected chi connectivity index (χ3v) is 4.33. The molecule has 1 aromatic rings. The lowest BCUT2D eigenvalue weighted by atomic mass is 9.95. The third kappa shape index (κ3) is 2.38. The summed E-state index contributed by atoms with van der Waals surface area (Å²) in [6.07, 6.45) is 1.30. The van der Waals surface area contributed by atoms with Crippen molar-refractivity contribution in [3.8, 4) is 0 Å². The van der Waals surface area contributed by atoms with Gasteiger partial charge in [0.2, 0.25) is 0 Å². The van der Waals surface area contributed by atoms with Crippen LogP contribution in [0.3, 0.4) is 0 Å². The smallest absolute Gasteiger partial charge is 0.185 e. The van der Waals surface area contributed by atoms with Crippen LogP contribution in [0, 0.1) is 11.8 Å². The molecular weight excluding hydrogens is 218 g/mol. The summed E-state index contributed by atoms with van der Waals surface area (Å²) in [5, 5.41) is 3.23. The summed E-state index contributed by atoms with van der Waals surface area (Å²) in [5.74, 6) is 1.60. The fraction of sp³-hybridized carbons (Fsp3) is 0.750. The van der Waals surface area contributed by atoms with E-state index in [1.807, 2.05) is 6.92 Å². The Balaban J connectivity index is 2.03. The zero-order chi connectivity index (χ0) is 11.7. The second kappa shape index (κ2) is 4.72. The van der Waals surface area contributed by atoms with Gasteiger partial charge in [0.05, 0.1) is 5.69 Å². The summed E-state index contributed by atoms with van der Waals surface area (Å²) in [4.78, 5) is 7.01. The third-order valence-electron chi connectivity index (χ3n) is 3.41. The van der Waals surface area contributed by atoms with Crippen LogP contribution < -0.4 is 10.6 Å². The molecule has 16 heavy (non-hydrogen) atoms. The van der Waals surface area contributed by atoms with Crippen LogP contribution in [0.15, 0.2) is 5.38 Å². The van der Waals surface area contributed by atoms with Gasteiger partial charge in [-0.25, -0.2) is 4.98 Å². The fourth-order valence-corrected chi connectivity index (χ4v) is 3.10. The monoisotopic (exact) mass is 239 g/mol. The van der Waals surface area contributed by atoms with Gasteiger partial charge < -0.3 is 10.6 Å². The summed E-state index contributed by atoms with van der Waals surface area (Å²) < 4.78 is 0. The van der Waals surface area contributed by atoms with E-state index in [9.17, 15) is 0 Å². The van der Waals surface area contributed by atoms with Gasteiger partial charge in [0, 0.05) is 24.5 Å². The van der Waals surface area contributed by atoms with E-state index in [0.717, 1.165) is 35.8 Å². The summed E-state index contributed by atoms with van der Waals surface area (Å²) in [6.45, 7) is 8.91. The largest absolute Gasteiger partial charge is 0.348 e. The minimum absolute atomic E-state index is 0.0495. The van der Waals surface area contributed by atoms with E-state index in [0.29, 0.717) is 0 Å². The number of nitrogens with two attached hydrogens (primary N) is 1. The second-order valence-corrected chi connectivity index (χ2v) is 5.92. The number of anilines is 1. The first-order chi connectivity index (χ1) is 7.58. The van der Waals surface area contributed by atoms with Gasteiger partial charge in [0.15, 0.2) is 5.13 Å². The standard InChI is InChI=1S/C12H21N3S/c1-8(2)10-4-5-15(6-10)12-14-11(7-16-12)9(3)13/h7-10H,4-6,13H2,1-3H3. The van der Waals surface area contributed by atoms with Crippen LogP contribution in [0.4, 0.5) is 5.13 Å². The average molecular weight is 239 g/mol. The molecule has 1 fully saturated rings. The summed E-state index contributed by atoms with van der Waals surface area (Å²) >= 11 is 1.72. The van der Waals surface area contributed by atoms with Gasteiger partial charge in [-0.05, 0) is 25.2 Å². The van der Waals surface area contributed by atoms with Crippen molar-refractivity contribution in [2.24, 2.45) is 17.6 Å². The van der Waals surface area contributed by atoms with Gasteiger partial charge in [-0.1, -0.05) is 13.8 Å². The lowest BCUT2D eigenvalue weighted by molar-refractivity contribution is 0.422. The zero-order valence-corrected chi connectivity index (χ0v) is 11.1. The summed E-state index contributed by atoms with van der Waals surface area (Å²) in [6, 6.07) is 0.0495. The molecule has 2 heterocycles. The fourth-order valence-electron chi connectivity index (χ4n) is 2.14. The van der Waals surface area contributed by atoms with Gasteiger partial charge >= 0.3 is 0 Å². The van der Waals surface area contributed by atoms with Crippen molar-refractivity contribution in [2.75, 3.05) is 18.0 Å². The van der Waals surface area contributed by atoms with E-state index in [2.05, 4.69) is 29.1 Å². The van der Waals surface area contributed by atoms with Crippen LogP contribution in [0.1, 0.15) is 38.9 Å². The van der Waals surface area contributed by atoms with Crippen LogP contribution in [-0.2, 0) is 0 Å². The predicted octanol–water partition coefficient (Wildman–Crippen LogP) is 2.65.